The van der Waals surface area contributed by atoms with Crippen LogP contribution in [0, 0.1) is 0 Å². The average molecular weight is 473 g/mol. The molecule has 0 radical (unpaired) electrons. The molecule has 186 valence electrons. The summed E-state index contributed by atoms with van der Waals surface area (Å²) in [5.74, 6) is 0.436. The molecule has 0 aliphatic heterocycles. The van der Waals surface area contributed by atoms with Crippen LogP contribution < -0.4 is 4.89 Å². The van der Waals surface area contributed by atoms with Crippen LogP contribution >= 0.6 is 7.82 Å². The van der Waals surface area contributed by atoms with Crippen molar-refractivity contribution in [3.63, 3.8) is 0 Å². The lowest BCUT2D eigenvalue weighted by Gasteiger charge is -2.17. The molecule has 0 aromatic heterocycles. The van der Waals surface area contributed by atoms with Crippen molar-refractivity contribution in [1.29, 1.82) is 0 Å². The van der Waals surface area contributed by atoms with Gasteiger partial charge in [-0.15, -0.1) is 0 Å². The van der Waals surface area contributed by atoms with Crippen molar-refractivity contribution in [3.05, 3.63) is 30.3 Å². The highest BCUT2D eigenvalue weighted by atomic mass is 31.2. The summed E-state index contributed by atoms with van der Waals surface area (Å²) in [6, 6.07) is 8.87. The number of hydrogen-bond acceptors (Lipinski definition) is 6. The van der Waals surface area contributed by atoms with Crippen LogP contribution in [0.1, 0.15) is 97.3 Å². The van der Waals surface area contributed by atoms with Crippen molar-refractivity contribution in [3.8, 4) is 5.75 Å². The zero-order valence-electron chi connectivity index (χ0n) is 20.3. The van der Waals surface area contributed by atoms with Gasteiger partial charge in [0, 0.05) is 6.61 Å². The summed E-state index contributed by atoms with van der Waals surface area (Å²) in [5.41, 5.74) is 0. The van der Waals surface area contributed by atoms with Crippen molar-refractivity contribution in [2.24, 2.45) is 0 Å². The molecule has 6 nitrogen and oxygen atoms in total. The molecule has 1 aromatic rings. The third-order valence-corrected chi connectivity index (χ3v) is 6.40. The predicted molar refractivity (Wildman–Crippen MR) is 130 cm³/mol. The molecule has 0 spiro atoms. The van der Waals surface area contributed by atoms with Crippen LogP contribution in [-0.4, -0.2) is 26.4 Å². The van der Waals surface area contributed by atoms with Crippen LogP contribution in [-0.2, 0) is 23.0 Å². The Morgan fingerprint density at radius 1 is 0.656 bits per heavy atom. The highest BCUT2D eigenvalue weighted by molar-refractivity contribution is 7.48. The van der Waals surface area contributed by atoms with Crippen molar-refractivity contribution in [2.75, 3.05) is 26.4 Å². The molecule has 32 heavy (non-hydrogen) atoms. The molecule has 0 bridgehead atoms. The summed E-state index contributed by atoms with van der Waals surface area (Å²) >= 11 is 0. The van der Waals surface area contributed by atoms with Gasteiger partial charge in [0.25, 0.3) is 0 Å². The van der Waals surface area contributed by atoms with Gasteiger partial charge in [0.1, 0.15) is 0 Å². The fraction of sp³-hybridized carbons (Fsp3) is 0.760. The third-order valence-electron chi connectivity index (χ3n) is 5.15. The lowest BCUT2D eigenvalue weighted by molar-refractivity contribution is -0.133. The summed E-state index contributed by atoms with van der Waals surface area (Å²) in [6.07, 6.45) is 16.5. The van der Waals surface area contributed by atoms with Gasteiger partial charge in [-0.05, 0) is 25.5 Å². The smallest absolute Gasteiger partial charge is 0.379 e. The minimum Gasteiger partial charge on any atom is -0.379 e. The van der Waals surface area contributed by atoms with Crippen LogP contribution in [0.25, 0.3) is 0 Å². The minimum absolute atomic E-state index is 0.113. The summed E-state index contributed by atoms with van der Waals surface area (Å²) in [4.78, 5) is 5.14. The van der Waals surface area contributed by atoms with Crippen LogP contribution in [0.2, 0.25) is 0 Å². The Morgan fingerprint density at radius 2 is 1.19 bits per heavy atom. The summed E-state index contributed by atoms with van der Waals surface area (Å²) in [5, 5.41) is 0. The maximum Gasteiger partial charge on any atom is 0.511 e. The first-order valence-corrected chi connectivity index (χ1v) is 14.0. The zero-order valence-corrected chi connectivity index (χ0v) is 21.2. The number of phosphoric ester groups is 1. The van der Waals surface area contributed by atoms with Crippen LogP contribution in [0.5, 0.6) is 5.75 Å². The van der Waals surface area contributed by atoms with E-state index in [2.05, 4.69) is 6.92 Å². The largest absolute Gasteiger partial charge is 0.511 e. The third kappa shape index (κ3) is 16.7. The average Bonchev–Trinajstić information content (AvgIpc) is 2.82. The molecule has 0 saturated carbocycles. The number of para-hydroxylation sites is 1. The Bertz CT molecular complexity index is 569. The van der Waals surface area contributed by atoms with Crippen molar-refractivity contribution < 1.29 is 27.9 Å². The molecular formula is C25H45O6P. The number of phosphoric acid groups is 1. The Balaban J connectivity index is 2.11. The van der Waals surface area contributed by atoms with E-state index in [0.717, 1.165) is 19.3 Å². The molecule has 0 heterocycles. The standard InChI is InChI=1S/C25H45O6P/c1-3-5-6-7-8-9-10-11-12-13-14-15-19-22-28-32(26,29-24-23-27-4-2)31-30-25-20-17-16-18-21-25/h16-18,20-21H,3-15,19,22-24H2,1-2H3. The number of ether oxygens (including phenoxy) is 1. The van der Waals surface area contributed by atoms with E-state index in [1.54, 1.807) is 24.3 Å². The molecule has 0 amide bonds. The first-order chi connectivity index (χ1) is 15.7. The van der Waals surface area contributed by atoms with Gasteiger partial charge in [-0.3, -0.25) is 9.05 Å². The number of benzene rings is 1. The van der Waals surface area contributed by atoms with E-state index < -0.39 is 7.82 Å². The van der Waals surface area contributed by atoms with Gasteiger partial charge < -0.3 is 9.62 Å². The number of hydrogen-bond donors (Lipinski definition) is 0. The zero-order chi connectivity index (χ0) is 23.2. The monoisotopic (exact) mass is 472 g/mol. The van der Waals surface area contributed by atoms with E-state index in [-0.39, 0.29) is 6.61 Å². The first-order valence-electron chi connectivity index (χ1n) is 12.6. The Hall–Kier alpha value is -0.910. The molecule has 1 unspecified atom stereocenters. The maximum absolute atomic E-state index is 12.8. The molecule has 1 rings (SSSR count). The van der Waals surface area contributed by atoms with Gasteiger partial charge in [0.05, 0.1) is 19.8 Å². The number of rotatable bonds is 23. The second-order valence-electron chi connectivity index (χ2n) is 8.02. The second kappa shape index (κ2) is 20.7. The van der Waals surface area contributed by atoms with Gasteiger partial charge in [-0.25, -0.2) is 4.57 Å². The second-order valence-corrected chi connectivity index (χ2v) is 9.58. The van der Waals surface area contributed by atoms with Gasteiger partial charge in [0.15, 0.2) is 5.75 Å². The molecule has 1 atom stereocenters. The van der Waals surface area contributed by atoms with E-state index in [0.29, 0.717) is 25.6 Å². The van der Waals surface area contributed by atoms with Gasteiger partial charge >= 0.3 is 7.82 Å². The highest BCUT2D eigenvalue weighted by Crippen LogP contribution is 2.49. The number of unbranched alkanes of at least 4 members (excludes halogenated alkanes) is 12. The first kappa shape index (κ1) is 29.1. The highest BCUT2D eigenvalue weighted by Gasteiger charge is 2.29. The van der Waals surface area contributed by atoms with Crippen LogP contribution in [0.15, 0.2) is 30.3 Å². The fourth-order valence-electron chi connectivity index (χ4n) is 3.29. The van der Waals surface area contributed by atoms with Crippen LogP contribution in [0.3, 0.4) is 0 Å². The van der Waals surface area contributed by atoms with Gasteiger partial charge in [-0.1, -0.05) is 107 Å². The molecule has 7 heteroatoms. The minimum atomic E-state index is -3.81. The summed E-state index contributed by atoms with van der Waals surface area (Å²) in [6.45, 7) is 5.45. The molecule has 1 aromatic carbocycles. The fourth-order valence-corrected chi connectivity index (χ4v) is 4.28. The molecule has 0 fully saturated rings. The molecule has 0 saturated heterocycles. The van der Waals surface area contributed by atoms with E-state index >= 15 is 0 Å². The lowest BCUT2D eigenvalue weighted by atomic mass is 10.0. The summed E-state index contributed by atoms with van der Waals surface area (Å²) in [7, 11) is -3.81. The maximum atomic E-state index is 12.8. The molecular weight excluding hydrogens is 427 g/mol. The summed E-state index contributed by atoms with van der Waals surface area (Å²) < 4.78 is 33.9. The van der Waals surface area contributed by atoms with Gasteiger partial charge in [0.2, 0.25) is 0 Å². The molecule has 0 N–H and O–H groups in total. The van der Waals surface area contributed by atoms with E-state index in [1.807, 2.05) is 13.0 Å². The molecule has 0 aliphatic carbocycles. The van der Waals surface area contributed by atoms with E-state index in [1.165, 1.54) is 64.2 Å². The van der Waals surface area contributed by atoms with Crippen LogP contribution in [0.4, 0.5) is 0 Å². The van der Waals surface area contributed by atoms with Crippen molar-refractivity contribution in [2.45, 2.75) is 97.3 Å². The van der Waals surface area contributed by atoms with E-state index in [4.69, 9.17) is 23.3 Å². The van der Waals surface area contributed by atoms with Crippen molar-refractivity contribution >= 4 is 7.82 Å². The lowest BCUT2D eigenvalue weighted by Crippen LogP contribution is -2.08. The SMILES string of the molecule is CCCCCCCCCCCCCCCOP(=O)(OCCOCC)OOc1ccccc1. The topological polar surface area (TPSA) is 63.2 Å². The quantitative estimate of drug-likeness (QED) is 0.0691. The Kier molecular flexibility index (Phi) is 18.8. The normalized spacial score (nSPS) is 13.2. The Labute approximate surface area is 195 Å². The Morgan fingerprint density at radius 3 is 1.75 bits per heavy atom. The molecule has 0 aliphatic rings. The van der Waals surface area contributed by atoms with E-state index in [9.17, 15) is 4.57 Å². The predicted octanol–water partition coefficient (Wildman–Crippen LogP) is 8.27. The van der Waals surface area contributed by atoms with Gasteiger partial charge in [-0.2, -0.15) is 0 Å². The van der Waals surface area contributed by atoms with Crippen molar-refractivity contribution in [1.82, 2.24) is 0 Å².